The first-order chi connectivity index (χ1) is 8.52. The van der Waals surface area contributed by atoms with E-state index in [0.717, 1.165) is 5.56 Å². The van der Waals surface area contributed by atoms with E-state index in [1.807, 2.05) is 13.0 Å². The molecule has 108 valence electrons. The van der Waals surface area contributed by atoms with Gasteiger partial charge in [-0.2, -0.15) is 0 Å². The third kappa shape index (κ3) is 7.28. The van der Waals surface area contributed by atoms with Crippen LogP contribution in [-0.2, 0) is 10.5 Å². The lowest BCUT2D eigenvalue weighted by molar-refractivity contribution is -0.119. The second-order valence-electron chi connectivity index (χ2n) is 3.93. The zero-order valence-electron chi connectivity index (χ0n) is 10.5. The molecular formula is C12H17Cl3N2OS. The molecule has 0 fully saturated rings. The molecule has 19 heavy (non-hydrogen) atoms. The molecule has 0 aliphatic carbocycles. The molecule has 3 N–H and O–H groups in total. The monoisotopic (exact) mass is 342 g/mol. The second-order valence-corrected chi connectivity index (χ2v) is 5.76. The Kier molecular flexibility index (Phi) is 9.66. The zero-order chi connectivity index (χ0) is 13.5. The standard InChI is InChI=1S/C12H16Cl2N2OS.ClH/c1-8(5-15)16-12(17)7-18-6-9-2-3-10(13)4-11(9)14;/h2-4,8H,5-7,15H2,1H3,(H,16,17);1H/t8-;/m0./s1. The van der Waals surface area contributed by atoms with Crippen LogP contribution in [0.3, 0.4) is 0 Å². The van der Waals surface area contributed by atoms with Gasteiger partial charge in [0.05, 0.1) is 5.75 Å². The Labute approximate surface area is 134 Å². The van der Waals surface area contributed by atoms with E-state index in [2.05, 4.69) is 5.32 Å². The Balaban J connectivity index is 0.00000324. The summed E-state index contributed by atoms with van der Waals surface area (Å²) in [4.78, 5) is 11.5. The summed E-state index contributed by atoms with van der Waals surface area (Å²) >= 11 is 13.4. The third-order valence-electron chi connectivity index (χ3n) is 2.27. The molecule has 7 heteroatoms. The van der Waals surface area contributed by atoms with Crippen LogP contribution in [0.25, 0.3) is 0 Å². The number of hydrogen-bond donors (Lipinski definition) is 2. The molecule has 1 aromatic rings. The summed E-state index contributed by atoms with van der Waals surface area (Å²) in [6.45, 7) is 2.32. The van der Waals surface area contributed by atoms with Gasteiger partial charge in [-0.25, -0.2) is 0 Å². The fourth-order valence-electron chi connectivity index (χ4n) is 1.27. The number of benzene rings is 1. The van der Waals surface area contributed by atoms with Crippen LogP contribution in [0, 0.1) is 0 Å². The minimum absolute atomic E-state index is 0. The largest absolute Gasteiger partial charge is 0.352 e. The van der Waals surface area contributed by atoms with E-state index in [1.165, 1.54) is 11.8 Å². The average Bonchev–Trinajstić information content (AvgIpc) is 2.31. The van der Waals surface area contributed by atoms with Gasteiger partial charge in [0.15, 0.2) is 0 Å². The summed E-state index contributed by atoms with van der Waals surface area (Å²) in [5.41, 5.74) is 6.40. The van der Waals surface area contributed by atoms with Gasteiger partial charge >= 0.3 is 0 Å². The fraction of sp³-hybridized carbons (Fsp3) is 0.417. The van der Waals surface area contributed by atoms with Crippen LogP contribution >= 0.6 is 47.4 Å². The molecule has 1 aromatic carbocycles. The number of rotatable bonds is 6. The number of halogens is 3. The van der Waals surface area contributed by atoms with Gasteiger partial charge in [0, 0.05) is 28.4 Å². The van der Waals surface area contributed by atoms with Crippen molar-refractivity contribution < 1.29 is 4.79 Å². The average molecular weight is 344 g/mol. The molecule has 0 saturated heterocycles. The molecule has 0 radical (unpaired) electrons. The smallest absolute Gasteiger partial charge is 0.230 e. The zero-order valence-corrected chi connectivity index (χ0v) is 13.6. The van der Waals surface area contributed by atoms with Crippen LogP contribution in [0.5, 0.6) is 0 Å². The molecule has 1 rings (SSSR count). The fourth-order valence-corrected chi connectivity index (χ4v) is 2.66. The number of carbonyl (C=O) groups excluding carboxylic acids is 1. The normalized spacial score (nSPS) is 11.6. The van der Waals surface area contributed by atoms with Gasteiger partial charge in [0.2, 0.25) is 5.91 Å². The second kappa shape index (κ2) is 9.72. The summed E-state index contributed by atoms with van der Waals surface area (Å²) in [5.74, 6) is 1.06. The molecule has 0 aromatic heterocycles. The molecular weight excluding hydrogens is 327 g/mol. The Bertz CT molecular complexity index is 418. The van der Waals surface area contributed by atoms with E-state index in [4.69, 9.17) is 28.9 Å². The predicted octanol–water partition coefficient (Wildman–Crippen LogP) is 3.11. The Hall–Kier alpha value is -0.130. The minimum atomic E-state index is -0.0111. The molecule has 0 aliphatic rings. The molecule has 3 nitrogen and oxygen atoms in total. The van der Waals surface area contributed by atoms with Crippen molar-refractivity contribution in [2.45, 2.75) is 18.7 Å². The molecule has 0 bridgehead atoms. The first-order valence-electron chi connectivity index (χ1n) is 5.54. The van der Waals surface area contributed by atoms with E-state index in [1.54, 1.807) is 12.1 Å². The molecule has 0 spiro atoms. The summed E-state index contributed by atoms with van der Waals surface area (Å²) < 4.78 is 0. The van der Waals surface area contributed by atoms with E-state index in [9.17, 15) is 4.79 Å². The van der Waals surface area contributed by atoms with Crippen LogP contribution in [0.2, 0.25) is 10.0 Å². The third-order valence-corrected chi connectivity index (χ3v) is 3.84. The molecule has 0 saturated carbocycles. The number of amides is 1. The van der Waals surface area contributed by atoms with Crippen molar-refractivity contribution in [2.75, 3.05) is 12.3 Å². The van der Waals surface area contributed by atoms with Crippen LogP contribution in [0.1, 0.15) is 12.5 Å². The Morgan fingerprint density at radius 1 is 1.47 bits per heavy atom. The van der Waals surface area contributed by atoms with E-state index in [-0.39, 0.29) is 24.4 Å². The number of nitrogens with one attached hydrogen (secondary N) is 1. The SMILES string of the molecule is C[C@@H](CN)NC(=O)CSCc1ccc(Cl)cc1Cl.Cl. The van der Waals surface area contributed by atoms with Crippen LogP contribution in [-0.4, -0.2) is 24.2 Å². The number of thioether (sulfide) groups is 1. The van der Waals surface area contributed by atoms with Crippen molar-refractivity contribution >= 4 is 53.3 Å². The molecule has 0 unspecified atom stereocenters. The summed E-state index contributed by atoms with van der Waals surface area (Å²) in [5, 5.41) is 4.05. The maximum Gasteiger partial charge on any atom is 0.230 e. The molecule has 1 atom stereocenters. The maximum atomic E-state index is 11.5. The van der Waals surface area contributed by atoms with Gasteiger partial charge in [-0.3, -0.25) is 4.79 Å². The number of hydrogen-bond acceptors (Lipinski definition) is 3. The van der Waals surface area contributed by atoms with Crippen LogP contribution in [0.4, 0.5) is 0 Å². The summed E-state index contributed by atoms with van der Waals surface area (Å²) in [7, 11) is 0. The van der Waals surface area contributed by atoms with Crippen molar-refractivity contribution in [3.8, 4) is 0 Å². The lowest BCUT2D eigenvalue weighted by Crippen LogP contribution is -2.38. The molecule has 0 aliphatic heterocycles. The lowest BCUT2D eigenvalue weighted by Gasteiger charge is -2.11. The Morgan fingerprint density at radius 2 is 2.16 bits per heavy atom. The Morgan fingerprint density at radius 3 is 2.74 bits per heavy atom. The number of carbonyl (C=O) groups is 1. The highest BCUT2D eigenvalue weighted by Crippen LogP contribution is 2.24. The van der Waals surface area contributed by atoms with Crippen molar-refractivity contribution in [1.82, 2.24) is 5.32 Å². The maximum absolute atomic E-state index is 11.5. The first-order valence-corrected chi connectivity index (χ1v) is 7.45. The highest BCUT2D eigenvalue weighted by Gasteiger charge is 2.07. The van der Waals surface area contributed by atoms with Gasteiger partial charge in [0.25, 0.3) is 0 Å². The van der Waals surface area contributed by atoms with Crippen LogP contribution < -0.4 is 11.1 Å². The van der Waals surface area contributed by atoms with Crippen molar-refractivity contribution in [1.29, 1.82) is 0 Å². The summed E-state index contributed by atoms with van der Waals surface area (Å²) in [6.07, 6.45) is 0. The van der Waals surface area contributed by atoms with Crippen LogP contribution in [0.15, 0.2) is 18.2 Å². The van der Waals surface area contributed by atoms with Gasteiger partial charge in [-0.05, 0) is 24.6 Å². The number of nitrogens with two attached hydrogens (primary N) is 1. The van der Waals surface area contributed by atoms with E-state index < -0.39 is 0 Å². The predicted molar refractivity (Wildman–Crippen MR) is 86.5 cm³/mol. The minimum Gasteiger partial charge on any atom is -0.352 e. The van der Waals surface area contributed by atoms with Crippen molar-refractivity contribution in [3.05, 3.63) is 33.8 Å². The highest BCUT2D eigenvalue weighted by atomic mass is 35.5. The van der Waals surface area contributed by atoms with Gasteiger partial charge in [-0.15, -0.1) is 24.2 Å². The lowest BCUT2D eigenvalue weighted by atomic mass is 10.2. The van der Waals surface area contributed by atoms with Gasteiger partial charge in [-0.1, -0.05) is 29.3 Å². The van der Waals surface area contributed by atoms with Gasteiger partial charge in [0.1, 0.15) is 0 Å². The van der Waals surface area contributed by atoms with Crippen molar-refractivity contribution in [2.24, 2.45) is 5.73 Å². The summed E-state index contributed by atoms with van der Waals surface area (Å²) in [6, 6.07) is 5.38. The van der Waals surface area contributed by atoms with E-state index >= 15 is 0 Å². The molecule has 1 amide bonds. The first kappa shape index (κ1) is 18.9. The van der Waals surface area contributed by atoms with E-state index in [0.29, 0.717) is 28.1 Å². The highest BCUT2D eigenvalue weighted by molar-refractivity contribution is 7.99. The quantitative estimate of drug-likeness (QED) is 0.834. The topological polar surface area (TPSA) is 55.1 Å². The molecule has 0 heterocycles. The van der Waals surface area contributed by atoms with Gasteiger partial charge < -0.3 is 11.1 Å². The van der Waals surface area contributed by atoms with Crippen molar-refractivity contribution in [3.63, 3.8) is 0 Å².